The molecule has 0 aliphatic carbocycles. The first-order valence-corrected chi connectivity index (χ1v) is 4.91. The number of hydrogen-bond acceptors (Lipinski definition) is 5. The first kappa shape index (κ1) is 13.9. The maximum Gasteiger partial charge on any atom is 0.323 e. The van der Waals surface area contributed by atoms with Crippen molar-refractivity contribution in [1.82, 2.24) is 5.32 Å². The summed E-state index contributed by atoms with van der Waals surface area (Å²) in [7, 11) is 2.68. The Morgan fingerprint density at radius 1 is 1.20 bits per heavy atom. The molecule has 5 heteroatoms. The van der Waals surface area contributed by atoms with Crippen molar-refractivity contribution >= 4 is 11.9 Å². The van der Waals surface area contributed by atoms with E-state index in [1.807, 2.05) is 13.8 Å². The molecule has 0 radical (unpaired) electrons. The van der Waals surface area contributed by atoms with Crippen molar-refractivity contribution in [3.8, 4) is 0 Å². The number of esters is 2. The zero-order valence-electron chi connectivity index (χ0n) is 9.70. The van der Waals surface area contributed by atoms with Gasteiger partial charge in [-0.15, -0.1) is 0 Å². The fraction of sp³-hybridized carbons (Fsp3) is 0.800. The maximum absolute atomic E-state index is 11.3. The van der Waals surface area contributed by atoms with Gasteiger partial charge in [-0.2, -0.15) is 0 Å². The number of rotatable bonds is 6. The van der Waals surface area contributed by atoms with E-state index in [9.17, 15) is 9.59 Å². The van der Waals surface area contributed by atoms with Gasteiger partial charge in [0.2, 0.25) is 0 Å². The highest BCUT2D eigenvalue weighted by atomic mass is 16.5. The van der Waals surface area contributed by atoms with Crippen LogP contribution in [0.3, 0.4) is 0 Å². The summed E-state index contributed by atoms with van der Waals surface area (Å²) >= 11 is 0. The number of nitrogens with one attached hydrogen (secondary N) is 1. The topological polar surface area (TPSA) is 64.6 Å². The number of carbonyl (C=O) groups excluding carboxylic acids is 2. The van der Waals surface area contributed by atoms with Crippen LogP contribution in [0.2, 0.25) is 0 Å². The van der Waals surface area contributed by atoms with Gasteiger partial charge in [0.15, 0.2) is 0 Å². The highest BCUT2D eigenvalue weighted by Gasteiger charge is 2.22. The van der Waals surface area contributed by atoms with Crippen LogP contribution in [-0.4, -0.2) is 38.7 Å². The maximum atomic E-state index is 11.3. The molecule has 0 aromatic rings. The van der Waals surface area contributed by atoms with E-state index in [-0.39, 0.29) is 30.3 Å². The van der Waals surface area contributed by atoms with Crippen LogP contribution < -0.4 is 5.32 Å². The number of hydrogen-bond donors (Lipinski definition) is 1. The number of methoxy groups -OCH3 is 2. The Labute approximate surface area is 90.1 Å². The molecule has 0 heterocycles. The monoisotopic (exact) mass is 217 g/mol. The summed E-state index contributed by atoms with van der Waals surface area (Å²) in [6.07, 6.45) is 0.247. The van der Waals surface area contributed by atoms with Gasteiger partial charge >= 0.3 is 11.9 Å². The third kappa shape index (κ3) is 5.37. The standard InChI is InChI=1S/C10H19NO4/c1-7(2)9(10(13)15-4)11-6-5-8(12)14-3/h7,9,11H,5-6H2,1-4H3/t9-/m0/s1. The second-order valence-corrected chi connectivity index (χ2v) is 3.53. The number of ether oxygens (including phenoxy) is 2. The molecule has 1 N–H and O–H groups in total. The van der Waals surface area contributed by atoms with E-state index in [2.05, 4.69) is 14.8 Å². The summed E-state index contributed by atoms with van der Waals surface area (Å²) < 4.78 is 9.12. The van der Waals surface area contributed by atoms with Crippen molar-refractivity contribution in [3.63, 3.8) is 0 Å². The quantitative estimate of drug-likeness (QED) is 0.650. The Bertz CT molecular complexity index is 215. The van der Waals surface area contributed by atoms with Crippen molar-refractivity contribution in [3.05, 3.63) is 0 Å². The zero-order valence-corrected chi connectivity index (χ0v) is 9.70. The molecule has 15 heavy (non-hydrogen) atoms. The average Bonchev–Trinajstić information content (AvgIpc) is 2.22. The van der Waals surface area contributed by atoms with Gasteiger partial charge in [0.1, 0.15) is 6.04 Å². The van der Waals surface area contributed by atoms with Crippen molar-refractivity contribution in [2.45, 2.75) is 26.3 Å². The van der Waals surface area contributed by atoms with Gasteiger partial charge in [0.05, 0.1) is 20.6 Å². The summed E-state index contributed by atoms with van der Waals surface area (Å²) in [6.45, 7) is 4.23. The molecule has 0 amide bonds. The van der Waals surface area contributed by atoms with E-state index in [1.165, 1.54) is 14.2 Å². The summed E-state index contributed by atoms with van der Waals surface area (Å²) in [5.41, 5.74) is 0. The van der Waals surface area contributed by atoms with E-state index in [0.29, 0.717) is 6.54 Å². The normalized spacial score (nSPS) is 12.3. The van der Waals surface area contributed by atoms with E-state index < -0.39 is 0 Å². The smallest absolute Gasteiger partial charge is 0.323 e. The van der Waals surface area contributed by atoms with Gasteiger partial charge in [-0.1, -0.05) is 13.8 Å². The Kier molecular flexibility index (Phi) is 6.70. The van der Waals surface area contributed by atoms with Crippen LogP contribution in [0.25, 0.3) is 0 Å². The third-order valence-corrected chi connectivity index (χ3v) is 2.04. The Balaban J connectivity index is 3.97. The third-order valence-electron chi connectivity index (χ3n) is 2.04. The predicted molar refractivity (Wildman–Crippen MR) is 55.3 cm³/mol. The fourth-order valence-electron chi connectivity index (χ4n) is 1.15. The lowest BCUT2D eigenvalue weighted by molar-refractivity contribution is -0.145. The molecule has 0 bridgehead atoms. The van der Waals surface area contributed by atoms with E-state index in [4.69, 9.17) is 0 Å². The van der Waals surface area contributed by atoms with Crippen molar-refractivity contribution < 1.29 is 19.1 Å². The lowest BCUT2D eigenvalue weighted by Gasteiger charge is -2.19. The highest BCUT2D eigenvalue weighted by molar-refractivity contribution is 5.76. The summed E-state index contributed by atoms with van der Waals surface area (Å²) in [5.74, 6) is -0.486. The van der Waals surface area contributed by atoms with Crippen LogP contribution in [-0.2, 0) is 19.1 Å². The molecule has 0 rings (SSSR count). The van der Waals surface area contributed by atoms with E-state index >= 15 is 0 Å². The second kappa shape index (κ2) is 7.23. The minimum absolute atomic E-state index is 0.120. The molecule has 0 saturated heterocycles. The predicted octanol–water partition coefficient (Wildman–Crippen LogP) is 0.337. The Hall–Kier alpha value is -1.10. The van der Waals surface area contributed by atoms with Gasteiger partial charge in [-0.05, 0) is 5.92 Å². The Morgan fingerprint density at radius 2 is 1.80 bits per heavy atom. The van der Waals surface area contributed by atoms with Crippen molar-refractivity contribution in [1.29, 1.82) is 0 Å². The van der Waals surface area contributed by atoms with Crippen molar-refractivity contribution in [2.75, 3.05) is 20.8 Å². The molecule has 0 spiro atoms. The van der Waals surface area contributed by atoms with Gasteiger partial charge in [0.25, 0.3) is 0 Å². The van der Waals surface area contributed by atoms with Crippen LogP contribution in [0.1, 0.15) is 20.3 Å². The number of carbonyl (C=O) groups is 2. The average molecular weight is 217 g/mol. The second-order valence-electron chi connectivity index (χ2n) is 3.53. The summed E-state index contributed by atoms with van der Waals surface area (Å²) in [6, 6.07) is -0.375. The molecule has 0 unspecified atom stereocenters. The van der Waals surface area contributed by atoms with E-state index in [1.54, 1.807) is 0 Å². The zero-order chi connectivity index (χ0) is 11.8. The lowest BCUT2D eigenvalue weighted by Crippen LogP contribution is -2.42. The Morgan fingerprint density at radius 3 is 2.20 bits per heavy atom. The van der Waals surface area contributed by atoms with E-state index in [0.717, 1.165) is 0 Å². The minimum atomic E-state index is -0.375. The first-order valence-electron chi connectivity index (χ1n) is 4.91. The molecule has 1 atom stereocenters. The molecule has 0 aromatic heterocycles. The molecular formula is C10H19NO4. The molecule has 5 nitrogen and oxygen atoms in total. The molecule has 0 fully saturated rings. The molecular weight excluding hydrogens is 198 g/mol. The molecule has 0 aliphatic rings. The van der Waals surface area contributed by atoms with Gasteiger partial charge in [-0.25, -0.2) is 0 Å². The SMILES string of the molecule is COC(=O)CCN[C@H](C(=O)OC)C(C)C. The first-order chi connectivity index (χ1) is 7.02. The summed E-state index contributed by atoms with van der Waals surface area (Å²) in [4.78, 5) is 22.1. The van der Waals surface area contributed by atoms with Gasteiger partial charge < -0.3 is 14.8 Å². The largest absolute Gasteiger partial charge is 0.469 e. The molecule has 0 saturated carbocycles. The summed E-state index contributed by atoms with van der Waals surface area (Å²) in [5, 5.41) is 2.96. The van der Waals surface area contributed by atoms with Crippen LogP contribution >= 0.6 is 0 Å². The molecule has 0 aromatic carbocycles. The van der Waals surface area contributed by atoms with Crippen LogP contribution in [0, 0.1) is 5.92 Å². The van der Waals surface area contributed by atoms with Gasteiger partial charge in [-0.3, -0.25) is 9.59 Å². The molecule has 88 valence electrons. The fourth-order valence-corrected chi connectivity index (χ4v) is 1.15. The minimum Gasteiger partial charge on any atom is -0.469 e. The van der Waals surface area contributed by atoms with Gasteiger partial charge in [0, 0.05) is 6.54 Å². The highest BCUT2D eigenvalue weighted by Crippen LogP contribution is 2.03. The van der Waals surface area contributed by atoms with Crippen molar-refractivity contribution in [2.24, 2.45) is 5.92 Å². The lowest BCUT2D eigenvalue weighted by atomic mass is 10.0. The van der Waals surface area contributed by atoms with Crippen LogP contribution in [0.15, 0.2) is 0 Å². The van der Waals surface area contributed by atoms with Crippen LogP contribution in [0.5, 0.6) is 0 Å². The molecule has 0 aliphatic heterocycles. The van der Waals surface area contributed by atoms with Crippen LogP contribution in [0.4, 0.5) is 0 Å².